The summed E-state index contributed by atoms with van der Waals surface area (Å²) < 4.78 is 18.1. The third-order valence-electron chi connectivity index (χ3n) is 7.72. The molecule has 3 N–H and O–H groups in total. The summed E-state index contributed by atoms with van der Waals surface area (Å²) in [6, 6.07) is 26.7. The van der Waals surface area contributed by atoms with E-state index < -0.39 is 18.4 Å². The summed E-state index contributed by atoms with van der Waals surface area (Å²) in [5, 5.41) is 22.3. The number of nitrogens with one attached hydrogen (secondary N) is 1. The first-order valence-electron chi connectivity index (χ1n) is 14.9. The van der Waals surface area contributed by atoms with Crippen LogP contribution in [0.3, 0.4) is 0 Å². The van der Waals surface area contributed by atoms with Crippen LogP contribution in [0.5, 0.6) is 0 Å². The average Bonchev–Trinajstić information content (AvgIpc) is 3.09. The van der Waals surface area contributed by atoms with Crippen molar-refractivity contribution in [2.24, 2.45) is 5.92 Å². The number of carboxylic acids is 1. The Morgan fingerprint density at radius 3 is 2.46 bits per heavy atom. The predicted octanol–water partition coefficient (Wildman–Crippen LogP) is 6.94. The lowest BCUT2D eigenvalue weighted by Crippen LogP contribution is -2.38. The fraction of sp³-hybridized carbons (Fsp3) is 0.250. The van der Waals surface area contributed by atoms with Crippen LogP contribution in [-0.4, -0.2) is 45.7 Å². The zero-order valence-electron chi connectivity index (χ0n) is 25.4. The number of benzene rings is 3. The molecule has 1 aliphatic rings. The van der Waals surface area contributed by atoms with E-state index in [1.807, 2.05) is 72.8 Å². The van der Waals surface area contributed by atoms with Crippen molar-refractivity contribution in [3.63, 3.8) is 0 Å². The Bertz CT molecular complexity index is 1650. The normalized spacial score (nSPS) is 19.3. The molecule has 3 aromatic carbocycles. The van der Waals surface area contributed by atoms with Gasteiger partial charge in [0.15, 0.2) is 6.29 Å². The largest absolute Gasteiger partial charge is 0.478 e. The third-order valence-corrected chi connectivity index (χ3v) is 8.82. The molecule has 0 radical (unpaired) electrons. The number of pyridine rings is 1. The summed E-state index contributed by atoms with van der Waals surface area (Å²) in [6.45, 7) is 6.04. The molecule has 2 heterocycles. The number of aromatic carboxylic acids is 1. The summed E-state index contributed by atoms with van der Waals surface area (Å²) in [5.41, 5.74) is 5.68. The maximum atomic E-state index is 11.8. The third kappa shape index (κ3) is 8.21. The summed E-state index contributed by atoms with van der Waals surface area (Å²) in [5.74, 6) is -0.613. The highest BCUT2D eigenvalue weighted by Gasteiger charge is 2.38. The van der Waals surface area contributed by atoms with E-state index >= 15 is 0 Å². The van der Waals surface area contributed by atoms with Gasteiger partial charge in [-0.3, -0.25) is 0 Å². The van der Waals surface area contributed by atoms with Crippen LogP contribution in [0, 0.1) is 5.92 Å². The number of aromatic nitrogens is 1. The van der Waals surface area contributed by atoms with Crippen LogP contribution in [0.1, 0.15) is 51.9 Å². The van der Waals surface area contributed by atoms with Crippen LogP contribution in [0.25, 0.3) is 11.1 Å². The minimum Gasteiger partial charge on any atom is -0.478 e. The number of amides is 1. The van der Waals surface area contributed by atoms with Gasteiger partial charge in [0.1, 0.15) is 11.6 Å². The number of rotatable bonds is 12. The van der Waals surface area contributed by atoms with E-state index in [0.29, 0.717) is 17.3 Å². The number of aliphatic hydroxyl groups is 1. The molecule has 1 amide bonds. The minimum atomic E-state index is -1.02. The Hall–Kier alpha value is -4.48. The molecule has 1 aromatic heterocycles. The molecule has 1 fully saturated rings. The molecule has 4 atom stereocenters. The van der Waals surface area contributed by atoms with Crippen LogP contribution in [-0.2, 0) is 27.4 Å². The molecule has 5 rings (SSSR count). The molecular formula is C36H36N2O7S. The van der Waals surface area contributed by atoms with Crippen LogP contribution in [0.2, 0.25) is 0 Å². The van der Waals surface area contributed by atoms with Crippen LogP contribution in [0.4, 0.5) is 4.79 Å². The Morgan fingerprint density at radius 2 is 1.74 bits per heavy atom. The molecular weight excluding hydrogens is 604 g/mol. The fourth-order valence-electron chi connectivity index (χ4n) is 5.19. The van der Waals surface area contributed by atoms with Gasteiger partial charge in [-0.05, 0) is 46.0 Å². The molecule has 0 saturated carbocycles. The van der Waals surface area contributed by atoms with Crippen molar-refractivity contribution < 1.29 is 34.0 Å². The monoisotopic (exact) mass is 640 g/mol. The van der Waals surface area contributed by atoms with Crippen LogP contribution < -0.4 is 5.32 Å². The lowest BCUT2D eigenvalue weighted by atomic mass is 9.91. The zero-order valence-corrected chi connectivity index (χ0v) is 26.2. The van der Waals surface area contributed by atoms with Gasteiger partial charge < -0.3 is 29.7 Å². The molecule has 0 spiro atoms. The minimum absolute atomic E-state index is 0.0453. The van der Waals surface area contributed by atoms with Gasteiger partial charge in [-0.2, -0.15) is 0 Å². The number of carbonyl (C=O) groups is 2. The van der Waals surface area contributed by atoms with E-state index in [1.165, 1.54) is 17.8 Å². The van der Waals surface area contributed by atoms with E-state index in [1.54, 1.807) is 18.3 Å². The summed E-state index contributed by atoms with van der Waals surface area (Å²) in [6.07, 6.45) is 1.35. The fourth-order valence-corrected chi connectivity index (χ4v) is 6.34. The quantitative estimate of drug-likeness (QED) is 0.112. The first kappa shape index (κ1) is 32.9. The van der Waals surface area contributed by atoms with E-state index in [9.17, 15) is 19.8 Å². The standard InChI is InChI=1S/C36H36N2O7S/c1-3-18-43-36(42)38-20-25-6-4-7-29(19-25)26-13-15-28(16-14-26)35-44-31(22-46-33-30(34(40)41)8-5-17-37-33)23(2)32(45-35)27-11-9-24(21-39)10-12-27/h3-17,19,23,31-32,35,39H,1,18,20-22H2,2H3,(H,38,42)(H,40,41)/t23-,31+,32+,35+/m1/s1. The van der Waals surface area contributed by atoms with E-state index in [0.717, 1.165) is 33.4 Å². The van der Waals surface area contributed by atoms with Gasteiger partial charge in [-0.25, -0.2) is 14.6 Å². The second kappa shape index (κ2) is 15.7. The van der Waals surface area contributed by atoms with Gasteiger partial charge in [0, 0.05) is 30.0 Å². The van der Waals surface area contributed by atoms with Gasteiger partial charge >= 0.3 is 12.1 Å². The van der Waals surface area contributed by atoms with Crippen molar-refractivity contribution >= 4 is 23.8 Å². The maximum Gasteiger partial charge on any atom is 0.407 e. The van der Waals surface area contributed by atoms with Crippen LogP contribution in [0.15, 0.2) is 109 Å². The van der Waals surface area contributed by atoms with Crippen molar-refractivity contribution in [3.8, 4) is 11.1 Å². The molecule has 46 heavy (non-hydrogen) atoms. The molecule has 1 aliphatic heterocycles. The topological polar surface area (TPSA) is 127 Å². The lowest BCUT2D eigenvalue weighted by Gasteiger charge is -2.41. The van der Waals surface area contributed by atoms with Crippen LogP contribution >= 0.6 is 11.8 Å². The molecule has 238 valence electrons. The molecule has 0 bridgehead atoms. The number of alkyl carbamates (subject to hydrolysis) is 1. The molecule has 10 heteroatoms. The van der Waals surface area contributed by atoms with E-state index in [-0.39, 0.29) is 36.9 Å². The van der Waals surface area contributed by atoms with Crippen molar-refractivity contribution in [3.05, 3.63) is 132 Å². The second-order valence-corrected chi connectivity index (χ2v) is 11.9. The zero-order chi connectivity index (χ0) is 32.5. The highest BCUT2D eigenvalue weighted by molar-refractivity contribution is 7.99. The SMILES string of the molecule is C=CCOC(=O)NCc1cccc(-c2ccc([C@H]3O[C@@H](CSc4ncccc4C(=O)O)[C@@H](C)[C@@H](c4ccc(CO)cc4)O3)cc2)c1. The van der Waals surface area contributed by atoms with Crippen molar-refractivity contribution in [1.82, 2.24) is 10.3 Å². The highest BCUT2D eigenvalue weighted by Crippen LogP contribution is 2.43. The van der Waals surface area contributed by atoms with Gasteiger partial charge in [0.25, 0.3) is 0 Å². The average molecular weight is 641 g/mol. The summed E-state index contributed by atoms with van der Waals surface area (Å²) in [4.78, 5) is 27.9. The lowest BCUT2D eigenvalue weighted by molar-refractivity contribution is -0.268. The first-order valence-corrected chi connectivity index (χ1v) is 15.9. The Balaban J connectivity index is 1.34. The molecule has 0 unspecified atom stereocenters. The second-order valence-electron chi connectivity index (χ2n) is 10.9. The maximum absolute atomic E-state index is 11.8. The molecule has 9 nitrogen and oxygen atoms in total. The number of thioether (sulfide) groups is 1. The van der Waals surface area contributed by atoms with Crippen molar-refractivity contribution in [2.75, 3.05) is 12.4 Å². The number of nitrogens with zero attached hydrogens (tertiary/aromatic N) is 1. The number of hydrogen-bond donors (Lipinski definition) is 3. The number of carboxylic acid groups (broad SMARTS) is 1. The van der Waals surface area contributed by atoms with Crippen molar-refractivity contribution in [2.45, 2.75) is 43.6 Å². The number of aliphatic hydroxyl groups excluding tert-OH is 1. The molecule has 4 aromatic rings. The van der Waals surface area contributed by atoms with E-state index in [2.05, 4.69) is 23.8 Å². The molecule has 1 saturated heterocycles. The Morgan fingerprint density at radius 1 is 0.978 bits per heavy atom. The number of hydrogen-bond acceptors (Lipinski definition) is 8. The predicted molar refractivity (Wildman–Crippen MR) is 175 cm³/mol. The van der Waals surface area contributed by atoms with Gasteiger partial charge in [0.2, 0.25) is 0 Å². The highest BCUT2D eigenvalue weighted by atomic mass is 32.2. The first-order chi connectivity index (χ1) is 22.4. The Labute approximate surface area is 272 Å². The smallest absolute Gasteiger partial charge is 0.407 e. The number of carbonyl (C=O) groups excluding carboxylic acids is 1. The van der Waals surface area contributed by atoms with Crippen molar-refractivity contribution in [1.29, 1.82) is 0 Å². The van der Waals surface area contributed by atoms with Gasteiger partial charge in [0.05, 0.1) is 24.4 Å². The summed E-state index contributed by atoms with van der Waals surface area (Å²) >= 11 is 1.35. The summed E-state index contributed by atoms with van der Waals surface area (Å²) in [7, 11) is 0. The molecule has 0 aliphatic carbocycles. The van der Waals surface area contributed by atoms with E-state index in [4.69, 9.17) is 14.2 Å². The Kier molecular flexibility index (Phi) is 11.2. The number of ether oxygens (including phenoxy) is 3. The van der Waals surface area contributed by atoms with Gasteiger partial charge in [-0.1, -0.05) is 86.3 Å². The van der Waals surface area contributed by atoms with Gasteiger partial charge in [-0.15, -0.1) is 11.8 Å².